The molecule has 2 aliphatic rings. The Bertz CT molecular complexity index is 1120. The predicted octanol–water partition coefficient (Wildman–Crippen LogP) is 3.00. The molecule has 2 aliphatic heterocycles. The Morgan fingerprint density at radius 3 is 2.92 bits per heavy atom. The first-order valence-electron chi connectivity index (χ1n) is 8.05. The van der Waals surface area contributed by atoms with E-state index in [4.69, 9.17) is 9.72 Å². The van der Waals surface area contributed by atoms with Gasteiger partial charge in [-0.05, 0) is 23.8 Å². The van der Waals surface area contributed by atoms with Gasteiger partial charge in [0.1, 0.15) is 6.61 Å². The molecule has 0 radical (unpaired) electrons. The number of carbonyl (C=O) groups is 1. The molecule has 5 rings (SSSR count). The highest BCUT2D eigenvalue weighted by Gasteiger charge is 2.34. The maximum Gasteiger partial charge on any atom is 0.314 e. The number of benzene rings is 1. The molecule has 25 heavy (non-hydrogen) atoms. The Morgan fingerprint density at radius 1 is 1.24 bits per heavy atom. The molecule has 2 aromatic heterocycles. The minimum Gasteiger partial charge on any atom is -0.460 e. The molecule has 124 valence electrons. The lowest BCUT2D eigenvalue weighted by Crippen LogP contribution is -2.33. The molecule has 0 spiro atoms. The topological polar surface area (TPSA) is 61.2 Å². The number of rotatable bonds is 1. The fourth-order valence-electron chi connectivity index (χ4n) is 3.71. The van der Waals surface area contributed by atoms with Crippen LogP contribution < -0.4 is 5.56 Å². The van der Waals surface area contributed by atoms with Crippen molar-refractivity contribution in [3.05, 3.63) is 63.4 Å². The molecule has 0 N–H and O–H groups in total. The van der Waals surface area contributed by atoms with E-state index < -0.39 is 0 Å². The van der Waals surface area contributed by atoms with Gasteiger partial charge in [-0.3, -0.25) is 9.59 Å². The van der Waals surface area contributed by atoms with E-state index in [0.29, 0.717) is 16.5 Å². The van der Waals surface area contributed by atoms with E-state index in [0.717, 1.165) is 33.4 Å². The van der Waals surface area contributed by atoms with E-state index >= 15 is 0 Å². The lowest BCUT2D eigenvalue weighted by atomic mass is 9.94. The number of halogens is 1. The third-order valence-corrected chi connectivity index (χ3v) is 5.86. The monoisotopic (exact) mass is 444 g/mol. The average Bonchev–Trinajstić information content (AvgIpc) is 2.98. The summed E-state index contributed by atoms with van der Waals surface area (Å²) >= 11 is 2.16. The highest BCUT2D eigenvalue weighted by Crippen LogP contribution is 2.36. The summed E-state index contributed by atoms with van der Waals surface area (Å²) in [6.07, 6.45) is 0. The fourth-order valence-corrected chi connectivity index (χ4v) is 4.54. The number of hydrogen-bond acceptors (Lipinski definition) is 4. The molecule has 0 saturated heterocycles. The van der Waals surface area contributed by atoms with Gasteiger partial charge in [-0.2, -0.15) is 0 Å². The standard InChI is InChI=1S/C19H13IN2O3/c20-7-13-12-6-16-17-11(5-10-3-1-2-4-15(10)21-17)8-22(16)18(23)14(12)9-25-19(13)24/h1-6,13H,7-9H2/t13-/m1/s1. The van der Waals surface area contributed by atoms with E-state index in [9.17, 15) is 9.59 Å². The maximum absolute atomic E-state index is 13.0. The van der Waals surface area contributed by atoms with Crippen molar-refractivity contribution in [2.75, 3.05) is 4.43 Å². The second-order valence-electron chi connectivity index (χ2n) is 6.36. The number of cyclic esters (lactones) is 1. The van der Waals surface area contributed by atoms with Crippen LogP contribution in [0.3, 0.4) is 0 Å². The van der Waals surface area contributed by atoms with E-state index in [-0.39, 0.29) is 24.1 Å². The van der Waals surface area contributed by atoms with Crippen LogP contribution >= 0.6 is 22.6 Å². The van der Waals surface area contributed by atoms with Gasteiger partial charge in [0.05, 0.1) is 34.9 Å². The number of esters is 1. The summed E-state index contributed by atoms with van der Waals surface area (Å²) in [4.78, 5) is 29.8. The molecular formula is C19H13IN2O3. The number of carbonyl (C=O) groups excluding carboxylic acids is 1. The van der Waals surface area contributed by atoms with E-state index in [1.165, 1.54) is 0 Å². The number of hydrogen-bond donors (Lipinski definition) is 0. The Morgan fingerprint density at radius 2 is 2.08 bits per heavy atom. The lowest BCUT2D eigenvalue weighted by Gasteiger charge is -2.23. The van der Waals surface area contributed by atoms with Crippen molar-refractivity contribution in [1.82, 2.24) is 9.55 Å². The number of ether oxygens (including phenoxy) is 1. The van der Waals surface area contributed by atoms with Crippen molar-refractivity contribution in [2.45, 2.75) is 19.1 Å². The molecule has 5 nitrogen and oxygen atoms in total. The molecule has 1 aromatic carbocycles. The lowest BCUT2D eigenvalue weighted by molar-refractivity contribution is -0.147. The first-order chi connectivity index (χ1) is 12.2. The zero-order valence-corrected chi connectivity index (χ0v) is 15.3. The zero-order chi connectivity index (χ0) is 17.1. The highest BCUT2D eigenvalue weighted by atomic mass is 127. The SMILES string of the molecule is O=C1OCc2c(cc3n(c2=O)Cc2cc4ccccc4nc2-3)[C@H]1CI. The van der Waals surface area contributed by atoms with Crippen molar-refractivity contribution < 1.29 is 9.53 Å². The second-order valence-corrected chi connectivity index (χ2v) is 7.24. The smallest absolute Gasteiger partial charge is 0.314 e. The van der Waals surface area contributed by atoms with Gasteiger partial charge in [0, 0.05) is 15.4 Å². The largest absolute Gasteiger partial charge is 0.460 e. The maximum atomic E-state index is 13.0. The summed E-state index contributed by atoms with van der Waals surface area (Å²) in [6.45, 7) is 0.573. The molecule has 0 saturated carbocycles. The van der Waals surface area contributed by atoms with Gasteiger partial charge in [0.2, 0.25) is 0 Å². The van der Waals surface area contributed by atoms with Gasteiger partial charge < -0.3 is 9.30 Å². The molecular weight excluding hydrogens is 431 g/mol. The van der Waals surface area contributed by atoms with Gasteiger partial charge in [0.15, 0.2) is 0 Å². The molecule has 3 aromatic rings. The first-order valence-corrected chi connectivity index (χ1v) is 9.58. The third kappa shape index (κ3) is 2.09. The molecule has 0 bridgehead atoms. The van der Waals surface area contributed by atoms with Crippen molar-refractivity contribution in [2.24, 2.45) is 0 Å². The number of alkyl halides is 1. The van der Waals surface area contributed by atoms with Crippen LogP contribution in [0.4, 0.5) is 0 Å². The number of para-hydroxylation sites is 1. The van der Waals surface area contributed by atoms with Crippen LogP contribution in [0.2, 0.25) is 0 Å². The van der Waals surface area contributed by atoms with Crippen molar-refractivity contribution in [3.8, 4) is 11.4 Å². The Hall–Kier alpha value is -2.22. The number of nitrogens with zero attached hydrogens (tertiary/aromatic N) is 2. The molecule has 0 amide bonds. The van der Waals surface area contributed by atoms with Crippen LogP contribution in [0.1, 0.15) is 22.6 Å². The fraction of sp³-hybridized carbons (Fsp3) is 0.211. The Kier molecular flexibility index (Phi) is 3.25. The Balaban J connectivity index is 1.79. The Labute approximate surface area is 156 Å². The number of pyridine rings is 2. The normalized spacial score (nSPS) is 17.8. The predicted molar refractivity (Wildman–Crippen MR) is 102 cm³/mol. The number of aromatic nitrogens is 2. The molecule has 6 heteroatoms. The van der Waals surface area contributed by atoms with Crippen molar-refractivity contribution >= 4 is 39.5 Å². The number of fused-ring (bicyclic) bond motifs is 5. The minimum atomic E-state index is -0.382. The van der Waals surface area contributed by atoms with E-state index in [2.05, 4.69) is 28.7 Å². The first kappa shape index (κ1) is 15.1. The summed E-state index contributed by atoms with van der Waals surface area (Å²) in [5.41, 5.74) is 4.91. The van der Waals surface area contributed by atoms with Crippen LogP contribution in [-0.4, -0.2) is 19.9 Å². The van der Waals surface area contributed by atoms with Gasteiger partial charge in [-0.15, -0.1) is 0 Å². The highest BCUT2D eigenvalue weighted by molar-refractivity contribution is 14.1. The van der Waals surface area contributed by atoms with E-state index in [1.54, 1.807) is 4.57 Å². The van der Waals surface area contributed by atoms with Gasteiger partial charge in [0.25, 0.3) is 5.56 Å². The molecule has 4 heterocycles. The van der Waals surface area contributed by atoms with Crippen molar-refractivity contribution in [1.29, 1.82) is 0 Å². The van der Waals surface area contributed by atoms with Gasteiger partial charge in [-0.25, -0.2) is 4.98 Å². The third-order valence-electron chi connectivity index (χ3n) is 4.98. The van der Waals surface area contributed by atoms with Crippen LogP contribution in [0.25, 0.3) is 22.3 Å². The average molecular weight is 444 g/mol. The van der Waals surface area contributed by atoms with Crippen LogP contribution in [-0.2, 0) is 22.7 Å². The van der Waals surface area contributed by atoms with Crippen LogP contribution in [0.5, 0.6) is 0 Å². The zero-order valence-electron chi connectivity index (χ0n) is 13.2. The summed E-state index contributed by atoms with van der Waals surface area (Å²) < 4.78 is 7.55. The quantitative estimate of drug-likeness (QED) is 0.257. The second kappa shape index (κ2) is 5.39. The van der Waals surface area contributed by atoms with Gasteiger partial charge in [-0.1, -0.05) is 40.8 Å². The van der Waals surface area contributed by atoms with Crippen LogP contribution in [0, 0.1) is 0 Å². The molecule has 1 atom stereocenters. The molecule has 0 aliphatic carbocycles. The molecule has 0 unspecified atom stereocenters. The van der Waals surface area contributed by atoms with Crippen molar-refractivity contribution in [3.63, 3.8) is 0 Å². The summed E-state index contributed by atoms with van der Waals surface area (Å²) in [7, 11) is 0. The minimum absolute atomic E-state index is 0.0617. The molecule has 0 fully saturated rings. The summed E-state index contributed by atoms with van der Waals surface area (Å²) in [6, 6.07) is 12.0. The summed E-state index contributed by atoms with van der Waals surface area (Å²) in [5, 5.41) is 1.07. The summed E-state index contributed by atoms with van der Waals surface area (Å²) in [5.74, 6) is -0.636. The van der Waals surface area contributed by atoms with E-state index in [1.807, 2.05) is 30.3 Å². The van der Waals surface area contributed by atoms with Gasteiger partial charge >= 0.3 is 5.97 Å². The van der Waals surface area contributed by atoms with Crippen LogP contribution in [0.15, 0.2) is 41.2 Å².